The van der Waals surface area contributed by atoms with E-state index in [9.17, 15) is 0 Å². The molecule has 1 unspecified atom stereocenters. The van der Waals surface area contributed by atoms with Crippen molar-refractivity contribution in [2.75, 3.05) is 52.4 Å². The van der Waals surface area contributed by atoms with E-state index in [2.05, 4.69) is 35.9 Å². The van der Waals surface area contributed by atoms with Gasteiger partial charge in [0.2, 0.25) is 0 Å². The number of hydrogen-bond acceptors (Lipinski definition) is 3. The quantitative estimate of drug-likeness (QED) is 0.662. The molecular formula is C14H31N3. The highest BCUT2D eigenvalue weighted by Crippen LogP contribution is 2.15. The van der Waals surface area contributed by atoms with Gasteiger partial charge in [-0.15, -0.1) is 0 Å². The van der Waals surface area contributed by atoms with Crippen molar-refractivity contribution in [3.8, 4) is 0 Å². The van der Waals surface area contributed by atoms with Gasteiger partial charge in [-0.05, 0) is 64.6 Å². The lowest BCUT2D eigenvalue weighted by molar-refractivity contribution is 0.258. The molecule has 0 amide bonds. The number of nitrogens with zero attached hydrogens (tertiary/aromatic N) is 2. The van der Waals surface area contributed by atoms with Crippen LogP contribution in [0.25, 0.3) is 0 Å². The van der Waals surface area contributed by atoms with Crippen molar-refractivity contribution in [3.63, 3.8) is 0 Å². The van der Waals surface area contributed by atoms with Gasteiger partial charge in [-0.1, -0.05) is 20.8 Å². The third kappa shape index (κ3) is 5.84. The van der Waals surface area contributed by atoms with Crippen molar-refractivity contribution in [1.29, 1.82) is 0 Å². The van der Waals surface area contributed by atoms with Crippen LogP contribution in [0.3, 0.4) is 0 Å². The Balaban J connectivity index is 2.05. The molecule has 0 saturated carbocycles. The van der Waals surface area contributed by atoms with Crippen LogP contribution in [0.1, 0.15) is 33.6 Å². The summed E-state index contributed by atoms with van der Waals surface area (Å²) in [6, 6.07) is 0. The van der Waals surface area contributed by atoms with Crippen LogP contribution in [0.15, 0.2) is 0 Å². The summed E-state index contributed by atoms with van der Waals surface area (Å²) in [5.74, 6) is 0.892. The van der Waals surface area contributed by atoms with Crippen LogP contribution >= 0.6 is 0 Å². The van der Waals surface area contributed by atoms with E-state index in [4.69, 9.17) is 0 Å². The van der Waals surface area contributed by atoms with E-state index in [-0.39, 0.29) is 0 Å². The summed E-state index contributed by atoms with van der Waals surface area (Å²) in [5.41, 5.74) is 0. The Morgan fingerprint density at radius 3 is 2.65 bits per heavy atom. The minimum absolute atomic E-state index is 0.892. The first kappa shape index (κ1) is 14.9. The highest BCUT2D eigenvalue weighted by Gasteiger charge is 2.21. The molecule has 0 aromatic rings. The molecule has 1 heterocycles. The van der Waals surface area contributed by atoms with E-state index in [1.54, 1.807) is 0 Å². The predicted molar refractivity (Wildman–Crippen MR) is 75.5 cm³/mol. The molecule has 0 spiro atoms. The smallest absolute Gasteiger partial charge is 0.00223 e. The maximum Gasteiger partial charge on any atom is 0.00223 e. The maximum atomic E-state index is 3.47. The normalized spacial score (nSPS) is 21.5. The Bertz CT molecular complexity index is 180. The van der Waals surface area contributed by atoms with E-state index in [1.807, 2.05) is 0 Å². The first-order valence-corrected chi connectivity index (χ1v) is 7.45. The van der Waals surface area contributed by atoms with E-state index in [0.717, 1.165) is 12.5 Å². The number of likely N-dealkylation sites (tertiary alicyclic amines) is 1. The van der Waals surface area contributed by atoms with Gasteiger partial charge in [0, 0.05) is 6.54 Å². The highest BCUT2D eigenvalue weighted by atomic mass is 15.2. The Labute approximate surface area is 108 Å². The Morgan fingerprint density at radius 1 is 1.24 bits per heavy atom. The number of nitrogens with one attached hydrogen (secondary N) is 1. The topological polar surface area (TPSA) is 18.5 Å². The average Bonchev–Trinajstić information content (AvgIpc) is 2.80. The fourth-order valence-corrected chi connectivity index (χ4v) is 2.69. The molecule has 3 heteroatoms. The molecule has 0 radical (unpaired) electrons. The molecule has 1 aliphatic rings. The van der Waals surface area contributed by atoms with Gasteiger partial charge in [-0.25, -0.2) is 0 Å². The van der Waals surface area contributed by atoms with Crippen molar-refractivity contribution in [2.45, 2.75) is 33.6 Å². The van der Waals surface area contributed by atoms with Crippen LogP contribution in [0.2, 0.25) is 0 Å². The van der Waals surface area contributed by atoms with Crippen molar-refractivity contribution in [1.82, 2.24) is 15.1 Å². The monoisotopic (exact) mass is 241 g/mol. The molecule has 1 atom stereocenters. The zero-order chi connectivity index (χ0) is 12.5. The third-order valence-electron chi connectivity index (χ3n) is 3.90. The summed E-state index contributed by atoms with van der Waals surface area (Å²) in [7, 11) is 0. The molecule has 17 heavy (non-hydrogen) atoms. The summed E-state index contributed by atoms with van der Waals surface area (Å²) < 4.78 is 0. The Morgan fingerprint density at radius 2 is 2.00 bits per heavy atom. The van der Waals surface area contributed by atoms with Crippen molar-refractivity contribution in [3.05, 3.63) is 0 Å². The summed E-state index contributed by atoms with van der Waals surface area (Å²) in [6.07, 6.45) is 2.72. The SMILES string of the molecule is CCNCC1CCN(CCCN(CC)CC)C1. The molecule has 102 valence electrons. The second kappa shape index (κ2) is 8.90. The standard InChI is InChI=1S/C14H31N3/c1-4-15-12-14-8-11-17(13-14)10-7-9-16(5-2)6-3/h14-15H,4-13H2,1-3H3. The van der Waals surface area contributed by atoms with Gasteiger partial charge in [0.15, 0.2) is 0 Å². The van der Waals surface area contributed by atoms with E-state index in [1.165, 1.54) is 58.7 Å². The van der Waals surface area contributed by atoms with Crippen LogP contribution in [-0.2, 0) is 0 Å². The minimum atomic E-state index is 0.892. The first-order valence-electron chi connectivity index (χ1n) is 7.45. The van der Waals surface area contributed by atoms with Gasteiger partial charge >= 0.3 is 0 Å². The Hall–Kier alpha value is -0.120. The first-order chi connectivity index (χ1) is 8.30. The molecule has 0 aromatic carbocycles. The summed E-state index contributed by atoms with van der Waals surface area (Å²) >= 11 is 0. The second-order valence-electron chi connectivity index (χ2n) is 5.14. The average molecular weight is 241 g/mol. The maximum absolute atomic E-state index is 3.47. The fourth-order valence-electron chi connectivity index (χ4n) is 2.69. The van der Waals surface area contributed by atoms with Gasteiger partial charge in [-0.2, -0.15) is 0 Å². The zero-order valence-corrected chi connectivity index (χ0v) is 12.0. The number of rotatable bonds is 9. The van der Waals surface area contributed by atoms with Crippen molar-refractivity contribution < 1.29 is 0 Å². The van der Waals surface area contributed by atoms with Crippen LogP contribution in [-0.4, -0.2) is 62.2 Å². The van der Waals surface area contributed by atoms with Crippen molar-refractivity contribution >= 4 is 0 Å². The third-order valence-corrected chi connectivity index (χ3v) is 3.90. The van der Waals surface area contributed by atoms with E-state index in [0.29, 0.717) is 0 Å². The number of hydrogen-bond donors (Lipinski definition) is 1. The van der Waals surface area contributed by atoms with Gasteiger partial charge in [-0.3, -0.25) is 0 Å². The molecule has 1 fully saturated rings. The van der Waals surface area contributed by atoms with Gasteiger partial charge in [0.25, 0.3) is 0 Å². The molecule has 3 nitrogen and oxygen atoms in total. The predicted octanol–water partition coefficient (Wildman–Crippen LogP) is 1.65. The molecule has 0 bridgehead atoms. The van der Waals surface area contributed by atoms with E-state index < -0.39 is 0 Å². The molecular weight excluding hydrogens is 210 g/mol. The molecule has 1 N–H and O–H groups in total. The molecule has 0 aromatic heterocycles. The fraction of sp³-hybridized carbons (Fsp3) is 1.00. The van der Waals surface area contributed by atoms with Crippen molar-refractivity contribution in [2.24, 2.45) is 5.92 Å². The lowest BCUT2D eigenvalue weighted by Crippen LogP contribution is -2.30. The van der Waals surface area contributed by atoms with Gasteiger partial charge < -0.3 is 15.1 Å². The van der Waals surface area contributed by atoms with Gasteiger partial charge in [0.1, 0.15) is 0 Å². The molecule has 0 aliphatic carbocycles. The summed E-state index contributed by atoms with van der Waals surface area (Å²) in [5, 5.41) is 3.47. The van der Waals surface area contributed by atoms with Crippen LogP contribution in [0, 0.1) is 5.92 Å². The minimum Gasteiger partial charge on any atom is -0.317 e. The lowest BCUT2D eigenvalue weighted by Gasteiger charge is -2.21. The highest BCUT2D eigenvalue weighted by molar-refractivity contribution is 4.77. The summed E-state index contributed by atoms with van der Waals surface area (Å²) in [4.78, 5) is 5.16. The van der Waals surface area contributed by atoms with Crippen LogP contribution in [0.5, 0.6) is 0 Å². The molecule has 1 saturated heterocycles. The Kier molecular flexibility index (Phi) is 7.82. The zero-order valence-electron chi connectivity index (χ0n) is 12.0. The second-order valence-corrected chi connectivity index (χ2v) is 5.14. The lowest BCUT2D eigenvalue weighted by atomic mass is 10.1. The summed E-state index contributed by atoms with van der Waals surface area (Å²) in [6.45, 7) is 16.6. The van der Waals surface area contributed by atoms with E-state index >= 15 is 0 Å². The van der Waals surface area contributed by atoms with Crippen LogP contribution in [0.4, 0.5) is 0 Å². The largest absolute Gasteiger partial charge is 0.317 e. The van der Waals surface area contributed by atoms with Gasteiger partial charge in [0.05, 0.1) is 0 Å². The van der Waals surface area contributed by atoms with Crippen LogP contribution < -0.4 is 5.32 Å². The molecule has 1 aliphatic heterocycles. The molecule has 1 rings (SSSR count).